The van der Waals surface area contributed by atoms with Crippen LogP contribution in [-0.2, 0) is 9.53 Å². The lowest BCUT2D eigenvalue weighted by atomic mass is 10.2. The van der Waals surface area contributed by atoms with E-state index >= 15 is 0 Å². The standard InChI is InChI=1S/C12H24N2O3/c1-3-11(15)9-13-5-7-14(8-6-13)12(16)10-17-4-2/h11,15H,3-10H2,1-2H3/t11-/m1/s1. The van der Waals surface area contributed by atoms with E-state index < -0.39 is 0 Å². The van der Waals surface area contributed by atoms with E-state index in [1.54, 1.807) is 0 Å². The Balaban J connectivity index is 2.23. The predicted molar refractivity (Wildman–Crippen MR) is 65.8 cm³/mol. The van der Waals surface area contributed by atoms with Crippen molar-refractivity contribution in [2.75, 3.05) is 45.9 Å². The van der Waals surface area contributed by atoms with Crippen LogP contribution in [0.25, 0.3) is 0 Å². The van der Waals surface area contributed by atoms with Crippen LogP contribution < -0.4 is 0 Å². The van der Waals surface area contributed by atoms with Gasteiger partial charge >= 0.3 is 0 Å². The zero-order chi connectivity index (χ0) is 12.7. The number of aliphatic hydroxyl groups is 1. The third-order valence-electron chi connectivity index (χ3n) is 3.09. The lowest BCUT2D eigenvalue weighted by Gasteiger charge is -2.35. The molecular weight excluding hydrogens is 220 g/mol. The topological polar surface area (TPSA) is 53.0 Å². The molecule has 1 fully saturated rings. The summed E-state index contributed by atoms with van der Waals surface area (Å²) in [4.78, 5) is 15.7. The number of aliphatic hydroxyl groups excluding tert-OH is 1. The number of amides is 1. The summed E-state index contributed by atoms with van der Waals surface area (Å²) in [6.07, 6.45) is 0.532. The molecule has 0 unspecified atom stereocenters. The summed E-state index contributed by atoms with van der Waals surface area (Å²) in [6, 6.07) is 0. The maximum absolute atomic E-state index is 11.7. The lowest BCUT2D eigenvalue weighted by Crippen LogP contribution is -2.51. The van der Waals surface area contributed by atoms with Crippen LogP contribution in [0.3, 0.4) is 0 Å². The molecule has 1 heterocycles. The van der Waals surface area contributed by atoms with Gasteiger partial charge in [0.15, 0.2) is 0 Å². The molecule has 0 aromatic carbocycles. The number of carbonyl (C=O) groups excluding carboxylic acids is 1. The minimum Gasteiger partial charge on any atom is -0.392 e. The summed E-state index contributed by atoms with van der Waals surface area (Å²) < 4.78 is 5.11. The highest BCUT2D eigenvalue weighted by molar-refractivity contribution is 5.77. The normalized spacial score (nSPS) is 19.4. The molecule has 100 valence electrons. The number of rotatable bonds is 6. The van der Waals surface area contributed by atoms with Crippen molar-refractivity contribution in [3.05, 3.63) is 0 Å². The van der Waals surface area contributed by atoms with Gasteiger partial charge in [-0.25, -0.2) is 0 Å². The Bertz CT molecular complexity index is 228. The van der Waals surface area contributed by atoms with E-state index in [0.29, 0.717) is 13.2 Å². The van der Waals surface area contributed by atoms with Crippen LogP contribution in [-0.4, -0.2) is 72.9 Å². The number of nitrogens with zero attached hydrogens (tertiary/aromatic N) is 2. The summed E-state index contributed by atoms with van der Waals surface area (Å²) in [5.74, 6) is 0.0718. The second kappa shape index (κ2) is 7.63. The van der Waals surface area contributed by atoms with Gasteiger partial charge in [-0.2, -0.15) is 0 Å². The SMILES string of the molecule is CCOCC(=O)N1CCN(C[C@H](O)CC)CC1. The molecule has 1 aliphatic rings. The van der Waals surface area contributed by atoms with Crippen molar-refractivity contribution in [3.63, 3.8) is 0 Å². The molecule has 0 spiro atoms. The van der Waals surface area contributed by atoms with Crippen molar-refractivity contribution in [2.45, 2.75) is 26.4 Å². The second-order valence-electron chi connectivity index (χ2n) is 4.38. The molecule has 1 amide bonds. The van der Waals surface area contributed by atoms with Gasteiger partial charge in [0, 0.05) is 39.3 Å². The molecule has 0 radical (unpaired) electrons. The number of hydrogen-bond donors (Lipinski definition) is 1. The van der Waals surface area contributed by atoms with Crippen molar-refractivity contribution in [1.29, 1.82) is 0 Å². The van der Waals surface area contributed by atoms with Crippen molar-refractivity contribution in [3.8, 4) is 0 Å². The Morgan fingerprint density at radius 3 is 2.47 bits per heavy atom. The van der Waals surface area contributed by atoms with E-state index in [4.69, 9.17) is 4.74 Å². The number of ether oxygens (including phenoxy) is 1. The second-order valence-corrected chi connectivity index (χ2v) is 4.38. The first-order chi connectivity index (χ1) is 8.17. The molecule has 5 heteroatoms. The van der Waals surface area contributed by atoms with Crippen LogP contribution >= 0.6 is 0 Å². The van der Waals surface area contributed by atoms with Crippen molar-refractivity contribution in [1.82, 2.24) is 9.80 Å². The average molecular weight is 244 g/mol. The van der Waals surface area contributed by atoms with E-state index in [1.807, 2.05) is 18.7 Å². The van der Waals surface area contributed by atoms with Gasteiger partial charge in [-0.15, -0.1) is 0 Å². The quantitative estimate of drug-likeness (QED) is 0.711. The van der Waals surface area contributed by atoms with Crippen molar-refractivity contribution >= 4 is 5.91 Å². The smallest absolute Gasteiger partial charge is 0.248 e. The maximum Gasteiger partial charge on any atom is 0.248 e. The third-order valence-corrected chi connectivity index (χ3v) is 3.09. The molecule has 0 saturated carbocycles. The summed E-state index contributed by atoms with van der Waals surface area (Å²) in [6.45, 7) is 8.50. The fourth-order valence-corrected chi connectivity index (χ4v) is 1.89. The molecule has 0 aliphatic carbocycles. The predicted octanol–water partition coefficient (Wildman–Crippen LogP) is -0.0620. The molecule has 0 aromatic heterocycles. The summed E-state index contributed by atoms with van der Waals surface area (Å²) >= 11 is 0. The van der Waals surface area contributed by atoms with E-state index in [1.165, 1.54) is 0 Å². The summed E-state index contributed by atoms with van der Waals surface area (Å²) in [7, 11) is 0. The lowest BCUT2D eigenvalue weighted by molar-refractivity contribution is -0.137. The number of piperazine rings is 1. The molecule has 1 N–H and O–H groups in total. The van der Waals surface area contributed by atoms with Gasteiger partial charge < -0.3 is 14.7 Å². The monoisotopic (exact) mass is 244 g/mol. The highest BCUT2D eigenvalue weighted by Crippen LogP contribution is 2.04. The molecular formula is C12H24N2O3. The first-order valence-electron chi connectivity index (χ1n) is 6.43. The zero-order valence-electron chi connectivity index (χ0n) is 10.9. The largest absolute Gasteiger partial charge is 0.392 e. The van der Waals surface area contributed by atoms with Crippen LogP contribution in [0.4, 0.5) is 0 Å². The van der Waals surface area contributed by atoms with E-state index in [2.05, 4.69) is 4.90 Å². The number of hydrogen-bond acceptors (Lipinski definition) is 4. The Morgan fingerprint density at radius 1 is 1.29 bits per heavy atom. The van der Waals surface area contributed by atoms with Gasteiger partial charge in [0.1, 0.15) is 6.61 Å². The minimum absolute atomic E-state index is 0.0718. The maximum atomic E-state index is 11.7. The van der Waals surface area contributed by atoms with Crippen molar-refractivity contribution in [2.24, 2.45) is 0 Å². The summed E-state index contributed by atoms with van der Waals surface area (Å²) in [5.41, 5.74) is 0. The van der Waals surface area contributed by atoms with Crippen molar-refractivity contribution < 1.29 is 14.6 Å². The van der Waals surface area contributed by atoms with E-state index in [-0.39, 0.29) is 18.6 Å². The highest BCUT2D eigenvalue weighted by atomic mass is 16.5. The average Bonchev–Trinajstić information content (AvgIpc) is 2.36. The number of carbonyl (C=O) groups is 1. The minimum atomic E-state index is -0.249. The van der Waals surface area contributed by atoms with Crippen LogP contribution in [0.5, 0.6) is 0 Å². The molecule has 17 heavy (non-hydrogen) atoms. The van der Waals surface area contributed by atoms with Crippen LogP contribution in [0.2, 0.25) is 0 Å². The Hall–Kier alpha value is -0.650. The fourth-order valence-electron chi connectivity index (χ4n) is 1.89. The van der Waals surface area contributed by atoms with Gasteiger partial charge in [-0.3, -0.25) is 9.69 Å². The van der Waals surface area contributed by atoms with Crippen LogP contribution in [0.1, 0.15) is 20.3 Å². The fraction of sp³-hybridized carbons (Fsp3) is 0.917. The number of β-amino-alcohol motifs (C(OH)–C–C–N with tert-alkyl or cyclic N) is 1. The molecule has 0 bridgehead atoms. The Morgan fingerprint density at radius 2 is 1.94 bits per heavy atom. The molecule has 1 atom stereocenters. The summed E-state index contributed by atoms with van der Waals surface area (Å²) in [5, 5.41) is 9.56. The van der Waals surface area contributed by atoms with E-state index in [9.17, 15) is 9.90 Å². The van der Waals surface area contributed by atoms with Gasteiger partial charge in [-0.1, -0.05) is 6.92 Å². The van der Waals surface area contributed by atoms with Gasteiger partial charge in [0.25, 0.3) is 0 Å². The third kappa shape index (κ3) is 5.02. The first kappa shape index (κ1) is 14.4. The molecule has 0 aromatic rings. The first-order valence-corrected chi connectivity index (χ1v) is 6.43. The molecule has 1 rings (SSSR count). The van der Waals surface area contributed by atoms with Gasteiger partial charge in [0.2, 0.25) is 5.91 Å². The Labute approximate surface area is 103 Å². The molecule has 1 saturated heterocycles. The van der Waals surface area contributed by atoms with Crippen LogP contribution in [0.15, 0.2) is 0 Å². The molecule has 5 nitrogen and oxygen atoms in total. The Kier molecular flexibility index (Phi) is 6.47. The zero-order valence-corrected chi connectivity index (χ0v) is 10.9. The van der Waals surface area contributed by atoms with Gasteiger partial charge in [0.05, 0.1) is 6.10 Å². The van der Waals surface area contributed by atoms with E-state index in [0.717, 1.165) is 32.6 Å². The van der Waals surface area contributed by atoms with Gasteiger partial charge in [-0.05, 0) is 13.3 Å². The molecule has 1 aliphatic heterocycles. The van der Waals surface area contributed by atoms with Crippen LogP contribution in [0, 0.1) is 0 Å². The highest BCUT2D eigenvalue weighted by Gasteiger charge is 2.21.